The monoisotopic (exact) mass is 718 g/mol. The molecule has 2 nitrogen and oxygen atoms in total. The molecule has 0 spiro atoms. The van der Waals surface area contributed by atoms with Crippen molar-refractivity contribution < 1.29 is 0 Å². The van der Waals surface area contributed by atoms with Crippen molar-refractivity contribution in [1.82, 2.24) is 0 Å². The van der Waals surface area contributed by atoms with Gasteiger partial charge < -0.3 is 9.80 Å². The number of nitrogens with zero attached hydrogens (tertiary/aromatic N) is 2. The van der Waals surface area contributed by atoms with E-state index < -0.39 is 0 Å². The minimum absolute atomic E-state index is 0.578. The molecule has 0 aliphatic heterocycles. The Balaban J connectivity index is 1.05. The Morgan fingerprint density at radius 3 is 1.73 bits per heavy atom. The third-order valence-electron chi connectivity index (χ3n) is 10.8. The third kappa shape index (κ3) is 9.45. The van der Waals surface area contributed by atoms with Gasteiger partial charge in [-0.15, -0.1) is 0 Å². The summed E-state index contributed by atoms with van der Waals surface area (Å²) in [5, 5.41) is 0. The van der Waals surface area contributed by atoms with Crippen molar-refractivity contribution in [1.29, 1.82) is 0 Å². The van der Waals surface area contributed by atoms with Gasteiger partial charge in [0.05, 0.1) is 0 Å². The van der Waals surface area contributed by atoms with Crippen LogP contribution >= 0.6 is 0 Å². The fourth-order valence-electron chi connectivity index (χ4n) is 7.30. The SMILES string of the molecule is CCc1ccc(N(C2=CCC(C)C=C2)c2ccc(/C=C/C/C3=C/C=C(c4ccc(N(c5ccc(C)cc5)c5ccc(CC)cc5)cc4)\C=C/CC3)cc2)cc1. The number of rotatable bonds is 12. The van der Waals surface area contributed by atoms with Gasteiger partial charge in [0.25, 0.3) is 0 Å². The predicted molar refractivity (Wildman–Crippen MR) is 239 cm³/mol. The van der Waals surface area contributed by atoms with Crippen molar-refractivity contribution in [2.75, 3.05) is 9.80 Å². The van der Waals surface area contributed by atoms with E-state index in [0.717, 1.165) is 49.9 Å². The molecular formula is C53H54N2. The summed E-state index contributed by atoms with van der Waals surface area (Å²) in [4.78, 5) is 4.72. The first kappa shape index (κ1) is 37.5. The molecule has 5 aromatic carbocycles. The lowest BCUT2D eigenvalue weighted by Crippen LogP contribution is -2.17. The normalized spacial score (nSPS) is 18.0. The lowest BCUT2D eigenvalue weighted by atomic mass is 9.97. The molecule has 0 heterocycles. The molecule has 0 saturated carbocycles. The van der Waals surface area contributed by atoms with Gasteiger partial charge in [0, 0.05) is 34.1 Å². The van der Waals surface area contributed by atoms with Crippen LogP contribution in [0, 0.1) is 12.8 Å². The summed E-state index contributed by atoms with van der Waals surface area (Å²) in [7, 11) is 0. The molecule has 2 aliphatic rings. The van der Waals surface area contributed by atoms with Gasteiger partial charge in [-0.1, -0.05) is 141 Å². The second-order valence-corrected chi connectivity index (χ2v) is 14.9. The zero-order valence-electron chi connectivity index (χ0n) is 33.0. The third-order valence-corrected chi connectivity index (χ3v) is 10.8. The van der Waals surface area contributed by atoms with Crippen molar-refractivity contribution >= 4 is 40.1 Å². The molecule has 2 heteroatoms. The summed E-state index contributed by atoms with van der Waals surface area (Å²) in [5.74, 6) is 0.578. The fraction of sp³-hybridized carbons (Fsp3) is 0.208. The predicted octanol–water partition coefficient (Wildman–Crippen LogP) is 15.0. The van der Waals surface area contributed by atoms with Crippen LogP contribution in [-0.4, -0.2) is 0 Å². The highest BCUT2D eigenvalue weighted by molar-refractivity contribution is 5.80. The standard InChI is InChI=1S/C53H54N2/c1-5-42-19-32-50(33-20-42)54(48-28-14-40(3)15-29-48)52-36-23-45(24-37-52)12-9-11-44-10-7-8-13-46(25-18-44)47-26-38-53(39-27-47)55(49-30-16-41(4)17-31-49)51-34-21-43(6-2)22-35-51/h8-9,12-14,16-40H,5-7,10-11,15H2,1-4H3/b12-9+,13-8-,44-18+,46-25+. The van der Waals surface area contributed by atoms with Crippen LogP contribution in [0.15, 0.2) is 181 Å². The van der Waals surface area contributed by atoms with Gasteiger partial charge in [0.1, 0.15) is 0 Å². The Kier molecular flexibility index (Phi) is 12.2. The Morgan fingerprint density at radius 1 is 0.618 bits per heavy atom. The van der Waals surface area contributed by atoms with Gasteiger partial charge in [-0.05, 0) is 146 Å². The molecule has 0 amide bonds. The van der Waals surface area contributed by atoms with Gasteiger partial charge in [-0.2, -0.15) is 0 Å². The maximum absolute atomic E-state index is 2.38. The topological polar surface area (TPSA) is 6.48 Å². The second kappa shape index (κ2) is 18.0. The van der Waals surface area contributed by atoms with Gasteiger partial charge in [0.2, 0.25) is 0 Å². The van der Waals surface area contributed by atoms with Crippen LogP contribution in [0.25, 0.3) is 11.6 Å². The summed E-state index contributed by atoms with van der Waals surface area (Å²) in [6.07, 6.45) is 27.0. The molecule has 0 fully saturated rings. The van der Waals surface area contributed by atoms with E-state index in [0.29, 0.717) is 5.92 Å². The minimum atomic E-state index is 0.578. The highest BCUT2D eigenvalue weighted by Gasteiger charge is 2.16. The van der Waals surface area contributed by atoms with Gasteiger partial charge >= 0.3 is 0 Å². The number of hydrogen-bond donors (Lipinski definition) is 0. The summed E-state index contributed by atoms with van der Waals surface area (Å²) >= 11 is 0. The van der Waals surface area contributed by atoms with Crippen molar-refractivity contribution in [3.8, 4) is 0 Å². The number of aryl methyl sites for hydroxylation is 3. The number of benzene rings is 5. The summed E-state index contributed by atoms with van der Waals surface area (Å²) in [6, 6.07) is 44.7. The summed E-state index contributed by atoms with van der Waals surface area (Å²) < 4.78 is 0. The molecule has 1 unspecified atom stereocenters. The van der Waals surface area contributed by atoms with E-state index in [-0.39, 0.29) is 0 Å². The number of hydrogen-bond acceptors (Lipinski definition) is 2. The molecule has 55 heavy (non-hydrogen) atoms. The molecule has 5 aromatic rings. The van der Waals surface area contributed by atoms with Gasteiger partial charge in [-0.25, -0.2) is 0 Å². The molecule has 7 rings (SSSR count). The van der Waals surface area contributed by atoms with Crippen LogP contribution in [0.3, 0.4) is 0 Å². The van der Waals surface area contributed by atoms with E-state index >= 15 is 0 Å². The average Bonchev–Trinajstić information content (AvgIpc) is 3.22. The smallest absolute Gasteiger partial charge is 0.0462 e. The van der Waals surface area contributed by atoms with E-state index in [1.54, 1.807) is 0 Å². The van der Waals surface area contributed by atoms with Crippen LogP contribution in [0.5, 0.6) is 0 Å². The molecule has 1 atom stereocenters. The van der Waals surface area contributed by atoms with Gasteiger partial charge in [-0.3, -0.25) is 0 Å². The molecule has 0 saturated heterocycles. The maximum atomic E-state index is 2.38. The Hall–Kier alpha value is -5.86. The Labute approximate surface area is 329 Å². The van der Waals surface area contributed by atoms with Crippen molar-refractivity contribution in [3.63, 3.8) is 0 Å². The van der Waals surface area contributed by atoms with Crippen molar-refractivity contribution in [2.45, 2.75) is 66.2 Å². The fourth-order valence-corrected chi connectivity index (χ4v) is 7.30. The molecule has 2 aliphatic carbocycles. The second-order valence-electron chi connectivity index (χ2n) is 14.9. The van der Waals surface area contributed by atoms with E-state index in [1.165, 1.54) is 61.7 Å². The molecule has 0 N–H and O–H groups in total. The van der Waals surface area contributed by atoms with Gasteiger partial charge in [0.15, 0.2) is 0 Å². The molecule has 276 valence electrons. The number of allylic oxidation sites excluding steroid dienone is 10. The highest BCUT2D eigenvalue weighted by Crippen LogP contribution is 2.37. The lowest BCUT2D eigenvalue weighted by molar-refractivity contribution is 0.728. The van der Waals surface area contributed by atoms with E-state index in [4.69, 9.17) is 0 Å². The van der Waals surface area contributed by atoms with Crippen molar-refractivity contribution in [3.05, 3.63) is 209 Å². The number of anilines is 5. The van der Waals surface area contributed by atoms with Crippen LogP contribution in [-0.2, 0) is 12.8 Å². The van der Waals surface area contributed by atoms with Crippen LogP contribution in [0.2, 0.25) is 0 Å². The van der Waals surface area contributed by atoms with E-state index in [1.807, 2.05) is 0 Å². The van der Waals surface area contributed by atoms with Crippen LogP contribution in [0.4, 0.5) is 28.4 Å². The van der Waals surface area contributed by atoms with E-state index in [2.05, 4.69) is 214 Å². The largest absolute Gasteiger partial charge is 0.311 e. The first-order valence-electron chi connectivity index (χ1n) is 20.1. The highest BCUT2D eigenvalue weighted by atomic mass is 15.1. The van der Waals surface area contributed by atoms with Crippen LogP contribution < -0.4 is 9.80 Å². The Morgan fingerprint density at radius 2 is 1.16 bits per heavy atom. The minimum Gasteiger partial charge on any atom is -0.311 e. The summed E-state index contributed by atoms with van der Waals surface area (Å²) in [6.45, 7) is 8.82. The zero-order chi connectivity index (χ0) is 38.0. The Bertz CT molecular complexity index is 2210. The lowest BCUT2D eigenvalue weighted by Gasteiger charge is -2.28. The molecule has 0 radical (unpaired) electrons. The maximum Gasteiger partial charge on any atom is 0.0462 e. The zero-order valence-corrected chi connectivity index (χ0v) is 33.0. The first-order chi connectivity index (χ1) is 27.0. The van der Waals surface area contributed by atoms with Crippen LogP contribution in [0.1, 0.15) is 74.3 Å². The quantitative estimate of drug-likeness (QED) is 0.127. The molecule has 0 aromatic heterocycles. The average molecular weight is 719 g/mol. The first-order valence-corrected chi connectivity index (χ1v) is 20.1. The molecule has 0 bridgehead atoms. The summed E-state index contributed by atoms with van der Waals surface area (Å²) in [5.41, 5.74) is 16.2. The van der Waals surface area contributed by atoms with Crippen molar-refractivity contribution in [2.24, 2.45) is 5.92 Å². The molecular weight excluding hydrogens is 665 g/mol. The van der Waals surface area contributed by atoms with E-state index in [9.17, 15) is 0 Å².